The number of carbonyl (C=O) groups is 1. The van der Waals surface area contributed by atoms with Crippen LogP contribution in [0, 0.1) is 0 Å². The molecule has 0 radical (unpaired) electrons. The number of thiophene rings is 1. The minimum atomic E-state index is -1.000. The molecule has 1 atom stereocenters. The minimum Gasteiger partial charge on any atom is -0.394 e. The van der Waals surface area contributed by atoms with Gasteiger partial charge in [-0.15, -0.1) is 11.3 Å². The molecule has 172 valence electrons. The molecule has 0 saturated carbocycles. The number of nitrogens with zero attached hydrogens (tertiary/aromatic N) is 4. The quantitative estimate of drug-likeness (QED) is 0.281. The number of aliphatic hydroxyl groups excluding tert-OH is 2. The Bertz CT molecular complexity index is 1220. The molecule has 0 fully saturated rings. The summed E-state index contributed by atoms with van der Waals surface area (Å²) in [5.41, 5.74) is 3.77. The number of anilines is 2. The number of Topliss-reactive ketones (excluding diaryl/α,β-unsaturated/α-hetero) is 1. The van der Waals surface area contributed by atoms with E-state index in [2.05, 4.69) is 61.4 Å². The van der Waals surface area contributed by atoms with E-state index in [4.69, 9.17) is 5.11 Å². The van der Waals surface area contributed by atoms with E-state index in [1.54, 1.807) is 22.0 Å². The molecule has 0 aliphatic heterocycles. The molecular formula is C23H26N6O3S. The fraction of sp³-hybridized carbons (Fsp3) is 0.304. The minimum absolute atomic E-state index is 0.168. The normalized spacial score (nSPS) is 12.3. The second-order valence-corrected chi connectivity index (χ2v) is 8.84. The molecular weight excluding hydrogens is 440 g/mol. The lowest BCUT2D eigenvalue weighted by Gasteiger charge is -2.16. The van der Waals surface area contributed by atoms with E-state index >= 15 is 0 Å². The molecule has 4 N–H and O–H groups in total. The number of aliphatic hydroxyl groups is 2. The zero-order chi connectivity index (χ0) is 23.4. The Balaban J connectivity index is 1.60. The van der Waals surface area contributed by atoms with Crippen molar-refractivity contribution < 1.29 is 15.0 Å². The first-order chi connectivity index (χ1) is 16.0. The Morgan fingerprint density at radius 1 is 1.15 bits per heavy atom. The summed E-state index contributed by atoms with van der Waals surface area (Å²) in [6, 6.07) is 11.4. The van der Waals surface area contributed by atoms with Crippen LogP contribution in [-0.4, -0.2) is 54.8 Å². The Kier molecular flexibility index (Phi) is 6.97. The van der Waals surface area contributed by atoms with E-state index in [0.29, 0.717) is 18.1 Å². The van der Waals surface area contributed by atoms with E-state index < -0.39 is 25.0 Å². The van der Waals surface area contributed by atoms with Crippen molar-refractivity contribution in [3.8, 4) is 10.4 Å². The summed E-state index contributed by atoms with van der Waals surface area (Å²) >= 11 is 1.70. The van der Waals surface area contributed by atoms with E-state index in [-0.39, 0.29) is 11.9 Å². The summed E-state index contributed by atoms with van der Waals surface area (Å²) in [7, 11) is 0. The lowest BCUT2D eigenvalue weighted by atomic mass is 10.1. The molecule has 0 spiro atoms. The van der Waals surface area contributed by atoms with Crippen LogP contribution in [0.3, 0.4) is 0 Å². The standard InChI is InChI=1S/C23H26N6O3S/c1-14(2)17-11-25-29-21(17)27-22(26-18(12-30)19(32)13-31)28-23(29)24-10-15-5-7-16(8-6-15)20-4-3-9-33-20/h3-9,11,14,18,30-31H,10,12-13H2,1-2H3,(H2,24,26,27,28). The molecule has 4 aromatic rings. The average molecular weight is 467 g/mol. The molecule has 0 saturated heterocycles. The maximum Gasteiger partial charge on any atom is 0.229 e. The summed E-state index contributed by atoms with van der Waals surface area (Å²) in [4.78, 5) is 22.1. The largest absolute Gasteiger partial charge is 0.394 e. The highest BCUT2D eigenvalue weighted by atomic mass is 32.1. The molecule has 1 unspecified atom stereocenters. The number of aromatic nitrogens is 4. The highest BCUT2D eigenvalue weighted by Gasteiger charge is 2.20. The van der Waals surface area contributed by atoms with Crippen LogP contribution in [0.15, 0.2) is 48.0 Å². The topological polar surface area (TPSA) is 125 Å². The second-order valence-electron chi connectivity index (χ2n) is 7.89. The number of fused-ring (bicyclic) bond motifs is 1. The summed E-state index contributed by atoms with van der Waals surface area (Å²) in [5, 5.41) is 31.3. The van der Waals surface area contributed by atoms with Gasteiger partial charge in [0, 0.05) is 17.0 Å². The van der Waals surface area contributed by atoms with Crippen molar-refractivity contribution in [1.29, 1.82) is 0 Å². The van der Waals surface area contributed by atoms with Gasteiger partial charge in [-0.3, -0.25) is 4.79 Å². The molecule has 4 rings (SSSR count). The number of hydrogen-bond donors (Lipinski definition) is 4. The zero-order valence-corrected chi connectivity index (χ0v) is 19.2. The van der Waals surface area contributed by atoms with E-state index in [9.17, 15) is 9.90 Å². The molecule has 1 aromatic carbocycles. The van der Waals surface area contributed by atoms with Crippen LogP contribution in [0.2, 0.25) is 0 Å². The van der Waals surface area contributed by atoms with Gasteiger partial charge in [-0.05, 0) is 28.5 Å². The molecule has 0 aliphatic rings. The Morgan fingerprint density at radius 3 is 2.58 bits per heavy atom. The first-order valence-electron chi connectivity index (χ1n) is 10.6. The summed E-state index contributed by atoms with van der Waals surface area (Å²) < 4.78 is 1.63. The number of ketones is 1. The summed E-state index contributed by atoms with van der Waals surface area (Å²) in [5.74, 6) is 0.251. The van der Waals surface area contributed by atoms with Crippen LogP contribution in [0.25, 0.3) is 16.1 Å². The SMILES string of the molecule is CC(C)c1cnn2c(NCc3ccc(-c4cccs4)cc3)nc(NC(CO)C(=O)CO)nc12. The smallest absolute Gasteiger partial charge is 0.229 e. The van der Waals surface area contributed by atoms with Crippen LogP contribution < -0.4 is 10.6 Å². The van der Waals surface area contributed by atoms with Crippen molar-refractivity contribution in [2.45, 2.75) is 32.4 Å². The number of rotatable bonds is 10. The Morgan fingerprint density at radius 2 is 1.94 bits per heavy atom. The predicted molar refractivity (Wildman–Crippen MR) is 129 cm³/mol. The second kappa shape index (κ2) is 10.1. The molecule has 9 nitrogen and oxygen atoms in total. The van der Waals surface area contributed by atoms with Gasteiger partial charge in [-0.25, -0.2) is 0 Å². The fourth-order valence-electron chi connectivity index (χ4n) is 3.39. The van der Waals surface area contributed by atoms with Gasteiger partial charge < -0.3 is 20.8 Å². The molecule has 3 aromatic heterocycles. The third kappa shape index (κ3) is 5.03. The maximum absolute atomic E-state index is 11.9. The van der Waals surface area contributed by atoms with Crippen LogP contribution >= 0.6 is 11.3 Å². The van der Waals surface area contributed by atoms with Crippen molar-refractivity contribution in [1.82, 2.24) is 19.6 Å². The highest BCUT2D eigenvalue weighted by Crippen LogP contribution is 2.25. The van der Waals surface area contributed by atoms with Gasteiger partial charge >= 0.3 is 0 Å². The predicted octanol–water partition coefficient (Wildman–Crippen LogP) is 2.92. The van der Waals surface area contributed by atoms with Gasteiger partial charge in [-0.1, -0.05) is 44.2 Å². The lowest BCUT2D eigenvalue weighted by Crippen LogP contribution is -2.36. The molecule has 0 amide bonds. The Labute approximate surface area is 195 Å². The van der Waals surface area contributed by atoms with Crippen LogP contribution in [0.5, 0.6) is 0 Å². The van der Waals surface area contributed by atoms with E-state index in [1.807, 2.05) is 19.9 Å². The van der Waals surface area contributed by atoms with E-state index in [1.165, 1.54) is 10.4 Å². The number of carbonyl (C=O) groups excluding carboxylic acids is 1. The van der Waals surface area contributed by atoms with Crippen molar-refractivity contribution in [2.75, 3.05) is 23.8 Å². The molecule has 0 bridgehead atoms. The number of hydrogen-bond acceptors (Lipinski definition) is 9. The number of nitrogens with one attached hydrogen (secondary N) is 2. The summed E-state index contributed by atoms with van der Waals surface area (Å²) in [6.45, 7) is 3.42. The lowest BCUT2D eigenvalue weighted by molar-refractivity contribution is -0.123. The van der Waals surface area contributed by atoms with Gasteiger partial charge in [0.2, 0.25) is 11.9 Å². The van der Waals surface area contributed by atoms with Crippen molar-refractivity contribution in [3.05, 3.63) is 59.1 Å². The van der Waals surface area contributed by atoms with Crippen molar-refractivity contribution in [2.24, 2.45) is 0 Å². The van der Waals surface area contributed by atoms with E-state index in [0.717, 1.165) is 11.1 Å². The first-order valence-corrected chi connectivity index (χ1v) is 11.5. The fourth-order valence-corrected chi connectivity index (χ4v) is 4.12. The molecule has 10 heteroatoms. The highest BCUT2D eigenvalue weighted by molar-refractivity contribution is 7.13. The van der Waals surface area contributed by atoms with Gasteiger partial charge in [0.25, 0.3) is 0 Å². The van der Waals surface area contributed by atoms with Crippen molar-refractivity contribution in [3.63, 3.8) is 0 Å². The molecule has 3 heterocycles. The molecule has 0 aliphatic carbocycles. The third-order valence-electron chi connectivity index (χ3n) is 5.26. The van der Waals surface area contributed by atoms with Crippen LogP contribution in [0.4, 0.5) is 11.9 Å². The molecule has 33 heavy (non-hydrogen) atoms. The van der Waals surface area contributed by atoms with Gasteiger partial charge in [0.1, 0.15) is 12.6 Å². The third-order valence-corrected chi connectivity index (χ3v) is 6.18. The monoisotopic (exact) mass is 466 g/mol. The van der Waals surface area contributed by atoms with Gasteiger partial charge in [0.05, 0.1) is 12.8 Å². The average Bonchev–Trinajstić information content (AvgIpc) is 3.51. The Hall–Kier alpha value is -3.34. The zero-order valence-electron chi connectivity index (χ0n) is 18.4. The van der Waals surface area contributed by atoms with Crippen LogP contribution in [0.1, 0.15) is 30.9 Å². The first kappa shape index (κ1) is 22.8. The maximum atomic E-state index is 11.9. The van der Waals surface area contributed by atoms with Gasteiger partial charge in [0.15, 0.2) is 11.4 Å². The van der Waals surface area contributed by atoms with Crippen LogP contribution in [-0.2, 0) is 11.3 Å². The van der Waals surface area contributed by atoms with Gasteiger partial charge in [-0.2, -0.15) is 19.6 Å². The number of benzene rings is 1. The summed E-state index contributed by atoms with van der Waals surface area (Å²) in [6.07, 6.45) is 1.75. The van der Waals surface area contributed by atoms with Crippen molar-refractivity contribution >= 4 is 34.7 Å².